The first-order chi connectivity index (χ1) is 7.41. The molecule has 0 aliphatic rings. The maximum absolute atomic E-state index is 13.4. The van der Waals surface area contributed by atoms with E-state index in [1.807, 2.05) is 13.8 Å². The first kappa shape index (κ1) is 13.6. The molecule has 1 aromatic carbocycles. The van der Waals surface area contributed by atoms with Gasteiger partial charge in [0.2, 0.25) is 0 Å². The van der Waals surface area contributed by atoms with Gasteiger partial charge in [-0.1, -0.05) is 29.8 Å². The first-order valence-corrected chi connectivity index (χ1v) is 6.12. The lowest BCUT2D eigenvalue weighted by molar-refractivity contribution is 0.501. The minimum Gasteiger partial charge on any atom is -0.207 e. The summed E-state index contributed by atoms with van der Waals surface area (Å²) in [6.45, 7) is 4.08. The molecule has 0 nitrogen and oxygen atoms in total. The van der Waals surface area contributed by atoms with Crippen molar-refractivity contribution < 1.29 is 13.2 Å². The second kappa shape index (κ2) is 5.71. The van der Waals surface area contributed by atoms with Gasteiger partial charge in [-0.25, -0.2) is 13.2 Å². The van der Waals surface area contributed by atoms with Crippen LogP contribution in [0.25, 0.3) is 0 Å². The second-order valence-corrected chi connectivity index (χ2v) is 5.33. The molecule has 0 heterocycles. The van der Waals surface area contributed by atoms with Gasteiger partial charge in [0.15, 0.2) is 0 Å². The van der Waals surface area contributed by atoms with E-state index in [-0.39, 0.29) is 5.56 Å². The van der Waals surface area contributed by atoms with Crippen molar-refractivity contribution in [2.24, 2.45) is 5.92 Å². The SMILES string of the molecule is CC(C)CCC(Br)c1c(F)cc(F)cc1F. The van der Waals surface area contributed by atoms with Crippen molar-refractivity contribution in [3.05, 3.63) is 35.1 Å². The molecule has 1 atom stereocenters. The largest absolute Gasteiger partial charge is 0.207 e. The highest BCUT2D eigenvalue weighted by atomic mass is 79.9. The lowest BCUT2D eigenvalue weighted by Gasteiger charge is -2.13. The summed E-state index contributed by atoms with van der Waals surface area (Å²) in [5, 5.41) is 0. The topological polar surface area (TPSA) is 0 Å². The van der Waals surface area contributed by atoms with Gasteiger partial charge in [-0.2, -0.15) is 0 Å². The third kappa shape index (κ3) is 3.51. The van der Waals surface area contributed by atoms with Crippen LogP contribution in [0.5, 0.6) is 0 Å². The molecule has 1 rings (SSSR count). The molecule has 0 amide bonds. The molecule has 0 saturated heterocycles. The third-order valence-electron chi connectivity index (χ3n) is 2.35. The van der Waals surface area contributed by atoms with Gasteiger partial charge < -0.3 is 0 Å². The van der Waals surface area contributed by atoms with Crippen LogP contribution >= 0.6 is 15.9 Å². The molecular formula is C12H14BrF3. The Morgan fingerprint density at radius 3 is 2.00 bits per heavy atom. The van der Waals surface area contributed by atoms with Crippen LogP contribution in [0.3, 0.4) is 0 Å². The van der Waals surface area contributed by atoms with Gasteiger partial charge >= 0.3 is 0 Å². The summed E-state index contributed by atoms with van der Waals surface area (Å²) in [5.41, 5.74) is -0.0814. The van der Waals surface area contributed by atoms with E-state index < -0.39 is 22.3 Å². The lowest BCUT2D eigenvalue weighted by Crippen LogP contribution is -2.02. The molecule has 0 aromatic heterocycles. The predicted molar refractivity (Wildman–Crippen MR) is 62.1 cm³/mol. The van der Waals surface area contributed by atoms with Gasteiger partial charge in [0.25, 0.3) is 0 Å². The third-order valence-corrected chi connectivity index (χ3v) is 3.27. The molecule has 4 heteroatoms. The van der Waals surface area contributed by atoms with Crippen LogP contribution in [0, 0.1) is 23.4 Å². The van der Waals surface area contributed by atoms with E-state index in [0.29, 0.717) is 24.5 Å². The van der Waals surface area contributed by atoms with Crippen molar-refractivity contribution in [2.45, 2.75) is 31.5 Å². The van der Waals surface area contributed by atoms with Crippen LogP contribution in [0.15, 0.2) is 12.1 Å². The Morgan fingerprint density at radius 2 is 1.56 bits per heavy atom. The Morgan fingerprint density at radius 1 is 1.06 bits per heavy atom. The fourth-order valence-corrected chi connectivity index (χ4v) is 2.18. The molecule has 0 N–H and O–H groups in total. The molecule has 0 spiro atoms. The highest BCUT2D eigenvalue weighted by molar-refractivity contribution is 9.09. The minimum atomic E-state index is -0.887. The molecule has 1 aromatic rings. The molecule has 0 radical (unpaired) electrons. The lowest BCUT2D eigenvalue weighted by atomic mass is 10.0. The molecule has 90 valence electrons. The summed E-state index contributed by atoms with van der Waals surface area (Å²) in [7, 11) is 0. The van der Waals surface area contributed by atoms with E-state index >= 15 is 0 Å². The Kier molecular flexibility index (Phi) is 4.84. The zero-order valence-electron chi connectivity index (χ0n) is 9.24. The fourth-order valence-electron chi connectivity index (χ4n) is 1.48. The Labute approximate surface area is 102 Å². The average Bonchev–Trinajstić information content (AvgIpc) is 2.12. The van der Waals surface area contributed by atoms with Gasteiger partial charge in [-0.05, 0) is 18.8 Å². The smallest absolute Gasteiger partial charge is 0.133 e. The number of halogens is 4. The average molecular weight is 295 g/mol. The van der Waals surface area contributed by atoms with Gasteiger partial charge in [0, 0.05) is 22.5 Å². The maximum Gasteiger partial charge on any atom is 0.133 e. The van der Waals surface area contributed by atoms with Crippen LogP contribution in [0.1, 0.15) is 37.1 Å². The zero-order chi connectivity index (χ0) is 12.3. The van der Waals surface area contributed by atoms with Crippen molar-refractivity contribution in [1.82, 2.24) is 0 Å². The quantitative estimate of drug-likeness (QED) is 0.687. The monoisotopic (exact) mass is 294 g/mol. The van der Waals surface area contributed by atoms with Gasteiger partial charge in [-0.15, -0.1) is 0 Å². The Hall–Kier alpha value is -0.510. The van der Waals surface area contributed by atoms with E-state index in [4.69, 9.17) is 0 Å². The van der Waals surface area contributed by atoms with E-state index in [2.05, 4.69) is 15.9 Å². The maximum atomic E-state index is 13.4. The Bertz CT molecular complexity index is 340. The number of hydrogen-bond acceptors (Lipinski definition) is 0. The van der Waals surface area contributed by atoms with Crippen LogP contribution in [-0.2, 0) is 0 Å². The minimum absolute atomic E-state index is 0.0814. The fraction of sp³-hybridized carbons (Fsp3) is 0.500. The summed E-state index contributed by atoms with van der Waals surface area (Å²) in [6, 6.07) is 1.42. The number of benzene rings is 1. The standard InChI is InChI=1S/C12H14BrF3/c1-7(2)3-4-9(13)12-10(15)5-8(14)6-11(12)16/h5-7,9H,3-4H2,1-2H3. The number of alkyl halides is 1. The van der Waals surface area contributed by atoms with Crippen LogP contribution in [0.2, 0.25) is 0 Å². The van der Waals surface area contributed by atoms with Crippen molar-refractivity contribution in [2.75, 3.05) is 0 Å². The summed E-state index contributed by atoms with van der Waals surface area (Å²) in [6.07, 6.45) is 1.48. The second-order valence-electron chi connectivity index (χ2n) is 4.22. The van der Waals surface area contributed by atoms with Gasteiger partial charge in [-0.3, -0.25) is 0 Å². The van der Waals surface area contributed by atoms with Gasteiger partial charge in [0.05, 0.1) is 0 Å². The van der Waals surface area contributed by atoms with Crippen molar-refractivity contribution in [3.63, 3.8) is 0 Å². The van der Waals surface area contributed by atoms with Crippen molar-refractivity contribution in [1.29, 1.82) is 0 Å². The van der Waals surface area contributed by atoms with E-state index in [1.165, 1.54) is 0 Å². The summed E-state index contributed by atoms with van der Waals surface area (Å²) in [4.78, 5) is -0.407. The van der Waals surface area contributed by atoms with Crippen LogP contribution in [0.4, 0.5) is 13.2 Å². The highest BCUT2D eigenvalue weighted by Gasteiger charge is 2.19. The van der Waals surface area contributed by atoms with Crippen LogP contribution < -0.4 is 0 Å². The number of hydrogen-bond donors (Lipinski definition) is 0. The summed E-state index contributed by atoms with van der Waals surface area (Å²) in [5.74, 6) is -2.08. The molecule has 0 fully saturated rings. The highest BCUT2D eigenvalue weighted by Crippen LogP contribution is 2.33. The molecule has 1 unspecified atom stereocenters. The first-order valence-electron chi connectivity index (χ1n) is 5.20. The summed E-state index contributed by atoms with van der Waals surface area (Å²) >= 11 is 3.24. The van der Waals surface area contributed by atoms with Crippen molar-refractivity contribution in [3.8, 4) is 0 Å². The van der Waals surface area contributed by atoms with Gasteiger partial charge in [0.1, 0.15) is 17.5 Å². The summed E-state index contributed by atoms with van der Waals surface area (Å²) < 4.78 is 39.4. The zero-order valence-corrected chi connectivity index (χ0v) is 10.8. The van der Waals surface area contributed by atoms with Crippen LogP contribution in [-0.4, -0.2) is 0 Å². The molecule has 16 heavy (non-hydrogen) atoms. The number of rotatable bonds is 4. The van der Waals surface area contributed by atoms with Crippen molar-refractivity contribution >= 4 is 15.9 Å². The molecule has 0 aliphatic carbocycles. The molecular weight excluding hydrogens is 281 g/mol. The molecule has 0 aliphatic heterocycles. The van der Waals surface area contributed by atoms with E-state index in [0.717, 1.165) is 6.42 Å². The predicted octanol–water partition coefficient (Wildman–Crippen LogP) is 4.98. The molecule has 0 saturated carbocycles. The normalized spacial score (nSPS) is 13.2. The Balaban J connectivity index is 2.86. The molecule has 0 bridgehead atoms. The van der Waals surface area contributed by atoms with E-state index in [1.54, 1.807) is 0 Å². The van der Waals surface area contributed by atoms with E-state index in [9.17, 15) is 13.2 Å².